The number of carbonyl (C=O) groups excluding carboxylic acids is 1. The average molecular weight is 339 g/mol. The third-order valence-electron chi connectivity index (χ3n) is 4.30. The Labute approximate surface area is 144 Å². The lowest BCUT2D eigenvalue weighted by Crippen LogP contribution is -2.39. The Morgan fingerprint density at radius 3 is 2.80 bits per heavy atom. The second-order valence-electron chi connectivity index (χ2n) is 6.11. The molecule has 1 unspecified atom stereocenters. The molecule has 1 aromatic heterocycles. The summed E-state index contributed by atoms with van der Waals surface area (Å²) in [4.78, 5) is 22.1. The van der Waals surface area contributed by atoms with Crippen LogP contribution < -0.4 is 15.5 Å². The lowest BCUT2D eigenvalue weighted by molar-refractivity contribution is 0.249. The zero-order chi connectivity index (χ0) is 17.2. The van der Waals surface area contributed by atoms with E-state index < -0.39 is 0 Å². The number of benzene rings is 2. The quantitative estimate of drug-likeness (QED) is 0.686. The van der Waals surface area contributed by atoms with Crippen molar-refractivity contribution < 1.29 is 9.18 Å². The summed E-state index contributed by atoms with van der Waals surface area (Å²) >= 11 is 0. The van der Waals surface area contributed by atoms with Crippen LogP contribution in [0.3, 0.4) is 0 Å². The second kappa shape index (κ2) is 6.43. The van der Waals surface area contributed by atoms with Gasteiger partial charge in [-0.05, 0) is 42.8 Å². The lowest BCUT2D eigenvalue weighted by Gasteiger charge is -2.16. The molecule has 2 aromatic carbocycles. The molecule has 0 radical (unpaired) electrons. The van der Waals surface area contributed by atoms with Gasteiger partial charge in [-0.15, -0.1) is 0 Å². The number of urea groups is 1. The minimum Gasteiger partial charge on any atom is -0.340 e. The van der Waals surface area contributed by atoms with E-state index in [1.54, 1.807) is 0 Å². The van der Waals surface area contributed by atoms with Crippen LogP contribution in [0.25, 0.3) is 11.0 Å². The first-order chi connectivity index (χ1) is 12.2. The maximum Gasteiger partial charge on any atom is 0.319 e. The van der Waals surface area contributed by atoms with Gasteiger partial charge in [0.15, 0.2) is 0 Å². The standard InChI is InChI=1S/C18H18FN5O/c19-12-5-7-13(8-6-12)20-18(25)21-14-9-10-24(11-14)17-22-15-3-1-2-4-16(15)23-17/h1-8,14H,9-11H2,(H,22,23)(H2,20,21,25). The number of H-pyrrole nitrogens is 1. The van der Waals surface area contributed by atoms with E-state index in [4.69, 9.17) is 0 Å². The molecule has 0 aliphatic carbocycles. The van der Waals surface area contributed by atoms with Gasteiger partial charge in [-0.1, -0.05) is 12.1 Å². The average Bonchev–Trinajstić information content (AvgIpc) is 3.23. The molecule has 3 aromatic rings. The van der Waals surface area contributed by atoms with Gasteiger partial charge in [0.05, 0.1) is 11.0 Å². The number of amides is 2. The van der Waals surface area contributed by atoms with Crippen LogP contribution in [-0.4, -0.2) is 35.1 Å². The summed E-state index contributed by atoms with van der Waals surface area (Å²) in [5.74, 6) is 0.493. The van der Waals surface area contributed by atoms with Gasteiger partial charge >= 0.3 is 6.03 Å². The van der Waals surface area contributed by atoms with Gasteiger partial charge in [-0.2, -0.15) is 0 Å². The molecule has 7 heteroatoms. The van der Waals surface area contributed by atoms with Crippen molar-refractivity contribution in [3.63, 3.8) is 0 Å². The number of rotatable bonds is 3. The molecule has 3 N–H and O–H groups in total. The summed E-state index contributed by atoms with van der Waals surface area (Å²) < 4.78 is 12.9. The topological polar surface area (TPSA) is 73.1 Å². The number of nitrogens with one attached hydrogen (secondary N) is 3. The molecule has 1 aliphatic rings. The molecular weight excluding hydrogens is 321 g/mol. The summed E-state index contributed by atoms with van der Waals surface area (Å²) in [6.45, 7) is 1.51. The van der Waals surface area contributed by atoms with Crippen LogP contribution in [-0.2, 0) is 0 Å². The van der Waals surface area contributed by atoms with Crippen LogP contribution in [0.15, 0.2) is 48.5 Å². The number of anilines is 2. The van der Waals surface area contributed by atoms with Gasteiger partial charge < -0.3 is 20.5 Å². The van der Waals surface area contributed by atoms with Crippen LogP contribution in [0.1, 0.15) is 6.42 Å². The Balaban J connectivity index is 1.35. The van der Waals surface area contributed by atoms with E-state index in [2.05, 4.69) is 25.5 Å². The van der Waals surface area contributed by atoms with Crippen molar-refractivity contribution in [3.8, 4) is 0 Å². The normalized spacial score (nSPS) is 17.0. The van der Waals surface area contributed by atoms with Crippen LogP contribution in [0, 0.1) is 5.82 Å². The summed E-state index contributed by atoms with van der Waals surface area (Å²) in [5, 5.41) is 5.66. The molecule has 2 heterocycles. The predicted octanol–water partition coefficient (Wildman–Crippen LogP) is 3.10. The number of para-hydroxylation sites is 2. The summed E-state index contributed by atoms with van der Waals surface area (Å²) in [5.41, 5.74) is 2.50. The highest BCUT2D eigenvalue weighted by Crippen LogP contribution is 2.21. The van der Waals surface area contributed by atoms with Crippen molar-refractivity contribution in [2.45, 2.75) is 12.5 Å². The molecule has 0 bridgehead atoms. The number of nitrogens with zero attached hydrogens (tertiary/aromatic N) is 2. The van der Waals surface area contributed by atoms with E-state index in [9.17, 15) is 9.18 Å². The number of halogens is 1. The Kier molecular flexibility index (Phi) is 3.97. The third-order valence-corrected chi connectivity index (χ3v) is 4.30. The van der Waals surface area contributed by atoms with Gasteiger partial charge in [0.1, 0.15) is 5.82 Å². The van der Waals surface area contributed by atoms with E-state index in [0.29, 0.717) is 12.2 Å². The number of hydrogen-bond donors (Lipinski definition) is 3. The highest BCUT2D eigenvalue weighted by Gasteiger charge is 2.25. The van der Waals surface area contributed by atoms with Crippen molar-refractivity contribution in [1.29, 1.82) is 0 Å². The molecule has 0 saturated carbocycles. The molecule has 1 aliphatic heterocycles. The van der Waals surface area contributed by atoms with Crippen LogP contribution in [0.5, 0.6) is 0 Å². The first-order valence-electron chi connectivity index (χ1n) is 8.20. The maximum atomic E-state index is 12.9. The Hall–Kier alpha value is -3.09. The SMILES string of the molecule is O=C(Nc1ccc(F)cc1)NC1CCN(c2nc3ccccc3[nH]2)C1. The van der Waals surface area contributed by atoms with Crippen molar-refractivity contribution in [1.82, 2.24) is 15.3 Å². The molecule has 1 saturated heterocycles. The number of hydrogen-bond acceptors (Lipinski definition) is 3. The van der Waals surface area contributed by atoms with Gasteiger partial charge in [0.2, 0.25) is 5.95 Å². The van der Waals surface area contributed by atoms with Crippen molar-refractivity contribution in [2.24, 2.45) is 0 Å². The molecule has 128 valence electrons. The molecule has 4 rings (SSSR count). The van der Waals surface area contributed by atoms with E-state index in [0.717, 1.165) is 29.9 Å². The molecule has 2 amide bonds. The summed E-state index contributed by atoms with van der Waals surface area (Å²) in [6.07, 6.45) is 0.841. The predicted molar refractivity (Wildman–Crippen MR) is 95.3 cm³/mol. The van der Waals surface area contributed by atoms with Crippen LogP contribution in [0.4, 0.5) is 20.8 Å². The van der Waals surface area contributed by atoms with E-state index >= 15 is 0 Å². The molecule has 25 heavy (non-hydrogen) atoms. The molecule has 1 atom stereocenters. The summed E-state index contributed by atoms with van der Waals surface area (Å²) in [6, 6.07) is 13.3. The fraction of sp³-hybridized carbons (Fsp3) is 0.222. The van der Waals surface area contributed by atoms with Gasteiger partial charge in [0, 0.05) is 24.8 Å². The highest BCUT2D eigenvalue weighted by molar-refractivity contribution is 5.89. The number of aromatic nitrogens is 2. The Morgan fingerprint density at radius 2 is 2.00 bits per heavy atom. The molecule has 1 fully saturated rings. The summed E-state index contributed by atoms with van der Waals surface area (Å²) in [7, 11) is 0. The van der Waals surface area contributed by atoms with E-state index in [1.165, 1.54) is 24.3 Å². The van der Waals surface area contributed by atoms with Crippen LogP contribution in [0.2, 0.25) is 0 Å². The van der Waals surface area contributed by atoms with Gasteiger partial charge in [0.25, 0.3) is 0 Å². The first-order valence-corrected chi connectivity index (χ1v) is 8.20. The first kappa shape index (κ1) is 15.4. The number of aromatic amines is 1. The van der Waals surface area contributed by atoms with Gasteiger partial charge in [-0.3, -0.25) is 0 Å². The largest absolute Gasteiger partial charge is 0.340 e. The fourth-order valence-corrected chi connectivity index (χ4v) is 3.05. The Morgan fingerprint density at radius 1 is 1.20 bits per heavy atom. The monoisotopic (exact) mass is 339 g/mol. The zero-order valence-corrected chi connectivity index (χ0v) is 13.5. The minimum atomic E-state index is -0.330. The molecular formula is C18H18FN5O. The molecule has 0 spiro atoms. The fourth-order valence-electron chi connectivity index (χ4n) is 3.05. The number of fused-ring (bicyclic) bond motifs is 1. The third kappa shape index (κ3) is 3.40. The highest BCUT2D eigenvalue weighted by atomic mass is 19.1. The lowest BCUT2D eigenvalue weighted by atomic mass is 10.3. The van der Waals surface area contributed by atoms with Crippen LogP contribution >= 0.6 is 0 Å². The molecule has 6 nitrogen and oxygen atoms in total. The van der Waals surface area contributed by atoms with Crippen molar-refractivity contribution >= 4 is 28.7 Å². The van der Waals surface area contributed by atoms with Crippen molar-refractivity contribution in [3.05, 3.63) is 54.3 Å². The zero-order valence-electron chi connectivity index (χ0n) is 13.5. The van der Waals surface area contributed by atoms with E-state index in [1.807, 2.05) is 24.3 Å². The smallest absolute Gasteiger partial charge is 0.319 e. The van der Waals surface area contributed by atoms with E-state index in [-0.39, 0.29) is 17.9 Å². The van der Waals surface area contributed by atoms with Gasteiger partial charge in [-0.25, -0.2) is 14.2 Å². The maximum absolute atomic E-state index is 12.9. The Bertz CT molecular complexity index is 859. The minimum absolute atomic E-state index is 0.0358. The number of imidazole rings is 1. The second-order valence-corrected chi connectivity index (χ2v) is 6.11. The van der Waals surface area contributed by atoms with Crippen molar-refractivity contribution in [2.75, 3.05) is 23.3 Å². The number of carbonyl (C=O) groups is 1.